The third-order valence-electron chi connectivity index (χ3n) is 4.60. The van der Waals surface area contributed by atoms with E-state index in [9.17, 15) is 14.4 Å². The molecule has 166 valence electrons. The van der Waals surface area contributed by atoms with Gasteiger partial charge in [-0.2, -0.15) is 0 Å². The fraction of sp³-hybridized carbons (Fsp3) is 0.227. The first-order valence-electron chi connectivity index (χ1n) is 9.81. The number of esters is 2. The zero-order valence-corrected chi connectivity index (χ0v) is 17.9. The highest BCUT2D eigenvalue weighted by Crippen LogP contribution is 2.20. The van der Waals surface area contributed by atoms with E-state index in [0.29, 0.717) is 23.6 Å². The Kier molecular flexibility index (Phi) is 6.83. The van der Waals surface area contributed by atoms with Gasteiger partial charge in [-0.3, -0.25) is 4.79 Å². The molecular formula is C22H23N5O5. The van der Waals surface area contributed by atoms with Crippen molar-refractivity contribution in [3.05, 3.63) is 65.0 Å². The Hall–Kier alpha value is -4.21. The molecule has 0 bridgehead atoms. The second kappa shape index (κ2) is 9.73. The number of carbonyl (C=O) groups is 3. The van der Waals surface area contributed by atoms with Crippen molar-refractivity contribution in [2.45, 2.75) is 26.8 Å². The van der Waals surface area contributed by atoms with Crippen LogP contribution in [0.1, 0.15) is 46.0 Å². The lowest BCUT2D eigenvalue weighted by molar-refractivity contribution is -0.114. The largest absolute Gasteiger partial charge is 0.497 e. The molecule has 0 atom stereocenters. The molecule has 1 amide bonds. The number of aromatic nitrogens is 3. The highest BCUT2D eigenvalue weighted by Gasteiger charge is 2.25. The Morgan fingerprint density at radius 2 is 1.81 bits per heavy atom. The van der Waals surface area contributed by atoms with Crippen LogP contribution >= 0.6 is 0 Å². The number of methoxy groups -OCH3 is 1. The van der Waals surface area contributed by atoms with Crippen LogP contribution in [0.3, 0.4) is 0 Å². The summed E-state index contributed by atoms with van der Waals surface area (Å²) >= 11 is 0. The van der Waals surface area contributed by atoms with E-state index in [0.717, 1.165) is 5.56 Å². The number of nitrogens with one attached hydrogen (secondary N) is 1. The van der Waals surface area contributed by atoms with Gasteiger partial charge in [0.15, 0.2) is 5.69 Å². The maximum Gasteiger partial charge on any atom is 0.366 e. The van der Waals surface area contributed by atoms with Gasteiger partial charge in [0.2, 0.25) is 5.91 Å². The summed E-state index contributed by atoms with van der Waals surface area (Å²) in [6.07, 6.45) is 0.425. The summed E-state index contributed by atoms with van der Waals surface area (Å²) in [5, 5.41) is 10.6. The maximum absolute atomic E-state index is 12.8. The summed E-state index contributed by atoms with van der Waals surface area (Å²) in [5.41, 5.74) is 7.74. The maximum atomic E-state index is 12.8. The first kappa shape index (κ1) is 22.5. The van der Waals surface area contributed by atoms with Gasteiger partial charge in [0, 0.05) is 18.3 Å². The third kappa shape index (κ3) is 5.09. The smallest absolute Gasteiger partial charge is 0.366 e. The van der Waals surface area contributed by atoms with Crippen molar-refractivity contribution in [1.29, 1.82) is 0 Å². The molecule has 1 aromatic heterocycles. The highest BCUT2D eigenvalue weighted by molar-refractivity contribution is 6.05. The molecule has 32 heavy (non-hydrogen) atoms. The van der Waals surface area contributed by atoms with E-state index < -0.39 is 11.9 Å². The van der Waals surface area contributed by atoms with Gasteiger partial charge < -0.3 is 20.5 Å². The number of rotatable bonds is 7. The van der Waals surface area contributed by atoms with Gasteiger partial charge in [0.1, 0.15) is 5.75 Å². The van der Waals surface area contributed by atoms with Crippen LogP contribution in [0.25, 0.3) is 0 Å². The standard InChI is InChI=1S/C22H23N5O5/c1-4-19-20(27(26-25-19)12-14-5-8-16(31-3)9-6-14)22(30)32-21(29)17-10-7-15(11-18(17)23)24-13(2)28/h5-11H,4,12,23H2,1-3H3,(H,24,28). The summed E-state index contributed by atoms with van der Waals surface area (Å²) in [6, 6.07) is 11.5. The zero-order valence-electron chi connectivity index (χ0n) is 17.9. The van der Waals surface area contributed by atoms with Crippen molar-refractivity contribution in [1.82, 2.24) is 15.0 Å². The molecule has 2 aromatic carbocycles. The molecule has 0 unspecified atom stereocenters. The van der Waals surface area contributed by atoms with E-state index in [2.05, 4.69) is 15.6 Å². The molecule has 0 spiro atoms. The van der Waals surface area contributed by atoms with Crippen molar-refractivity contribution in [3.63, 3.8) is 0 Å². The molecule has 3 N–H and O–H groups in total. The van der Waals surface area contributed by atoms with Crippen LogP contribution in [0.15, 0.2) is 42.5 Å². The average Bonchev–Trinajstić information content (AvgIpc) is 3.16. The van der Waals surface area contributed by atoms with Crippen LogP contribution in [0.4, 0.5) is 11.4 Å². The van der Waals surface area contributed by atoms with Crippen LogP contribution in [0.5, 0.6) is 5.75 Å². The summed E-state index contributed by atoms with van der Waals surface area (Å²) in [6.45, 7) is 3.42. The minimum atomic E-state index is -0.916. The molecule has 1 heterocycles. The minimum absolute atomic E-state index is 0.000297. The second-order valence-electron chi connectivity index (χ2n) is 6.90. The quantitative estimate of drug-likeness (QED) is 0.326. The molecule has 0 aliphatic rings. The van der Waals surface area contributed by atoms with Gasteiger partial charge in [-0.1, -0.05) is 24.3 Å². The van der Waals surface area contributed by atoms with Crippen molar-refractivity contribution in [2.75, 3.05) is 18.2 Å². The van der Waals surface area contributed by atoms with Crippen LogP contribution in [0, 0.1) is 0 Å². The van der Waals surface area contributed by atoms with Crippen molar-refractivity contribution < 1.29 is 23.9 Å². The zero-order chi connectivity index (χ0) is 23.3. The number of carbonyl (C=O) groups excluding carboxylic acids is 3. The molecule has 0 radical (unpaired) electrons. The summed E-state index contributed by atoms with van der Waals surface area (Å²) in [5.74, 6) is -1.37. The Bertz CT molecular complexity index is 1150. The molecule has 0 saturated heterocycles. The van der Waals surface area contributed by atoms with Crippen molar-refractivity contribution >= 4 is 29.2 Å². The minimum Gasteiger partial charge on any atom is -0.497 e. The number of nitrogens with two attached hydrogens (primary N) is 1. The molecule has 0 saturated carbocycles. The van der Waals surface area contributed by atoms with E-state index in [1.165, 1.54) is 29.8 Å². The second-order valence-corrected chi connectivity index (χ2v) is 6.90. The molecule has 3 rings (SSSR count). The number of benzene rings is 2. The number of amides is 1. The Morgan fingerprint density at radius 3 is 2.41 bits per heavy atom. The van der Waals surface area contributed by atoms with Gasteiger partial charge in [-0.15, -0.1) is 5.10 Å². The van der Waals surface area contributed by atoms with E-state index in [1.54, 1.807) is 19.2 Å². The van der Waals surface area contributed by atoms with Crippen LogP contribution in [-0.4, -0.2) is 39.9 Å². The monoisotopic (exact) mass is 437 g/mol. The van der Waals surface area contributed by atoms with Crippen molar-refractivity contribution in [3.8, 4) is 5.75 Å². The number of hydrogen-bond donors (Lipinski definition) is 2. The fourth-order valence-corrected chi connectivity index (χ4v) is 3.04. The summed E-state index contributed by atoms with van der Waals surface area (Å²) in [7, 11) is 1.57. The van der Waals surface area contributed by atoms with Crippen LogP contribution in [0.2, 0.25) is 0 Å². The molecular weight excluding hydrogens is 414 g/mol. The van der Waals surface area contributed by atoms with E-state index in [-0.39, 0.29) is 29.4 Å². The van der Waals surface area contributed by atoms with Gasteiger partial charge in [0.05, 0.1) is 24.9 Å². The number of hydrogen-bond acceptors (Lipinski definition) is 8. The van der Waals surface area contributed by atoms with Crippen LogP contribution in [-0.2, 0) is 22.5 Å². The van der Waals surface area contributed by atoms with E-state index >= 15 is 0 Å². The Morgan fingerprint density at radius 1 is 1.09 bits per heavy atom. The normalized spacial score (nSPS) is 10.5. The fourth-order valence-electron chi connectivity index (χ4n) is 3.04. The molecule has 0 aliphatic heterocycles. The summed E-state index contributed by atoms with van der Waals surface area (Å²) < 4.78 is 11.6. The molecule has 0 fully saturated rings. The number of ether oxygens (including phenoxy) is 2. The first-order valence-corrected chi connectivity index (χ1v) is 9.81. The first-order chi connectivity index (χ1) is 15.3. The van der Waals surface area contributed by atoms with Gasteiger partial charge in [-0.05, 0) is 42.3 Å². The molecule has 3 aromatic rings. The lowest BCUT2D eigenvalue weighted by Crippen LogP contribution is -2.20. The lowest BCUT2D eigenvalue weighted by atomic mass is 10.1. The average molecular weight is 437 g/mol. The van der Waals surface area contributed by atoms with Gasteiger partial charge in [0.25, 0.3) is 0 Å². The topological polar surface area (TPSA) is 138 Å². The molecule has 0 aliphatic carbocycles. The van der Waals surface area contributed by atoms with Crippen LogP contribution < -0.4 is 15.8 Å². The van der Waals surface area contributed by atoms with Gasteiger partial charge >= 0.3 is 11.9 Å². The molecule has 10 heteroatoms. The van der Waals surface area contributed by atoms with Crippen molar-refractivity contribution in [2.24, 2.45) is 0 Å². The number of anilines is 2. The predicted octanol–water partition coefficient (Wildman–Crippen LogP) is 2.44. The van der Waals surface area contributed by atoms with E-state index in [4.69, 9.17) is 15.2 Å². The third-order valence-corrected chi connectivity index (χ3v) is 4.60. The number of nitrogens with zero attached hydrogens (tertiary/aromatic N) is 3. The predicted molar refractivity (Wildman–Crippen MR) is 116 cm³/mol. The van der Waals surface area contributed by atoms with E-state index in [1.807, 2.05) is 19.1 Å². The lowest BCUT2D eigenvalue weighted by Gasteiger charge is -2.10. The number of nitrogen functional groups attached to an aromatic ring is 1. The summed E-state index contributed by atoms with van der Waals surface area (Å²) in [4.78, 5) is 36.6. The number of aryl methyl sites for hydroxylation is 1. The Balaban J connectivity index is 1.80. The molecule has 10 nitrogen and oxygen atoms in total. The highest BCUT2D eigenvalue weighted by atomic mass is 16.6. The Labute approximate surface area is 184 Å². The van der Waals surface area contributed by atoms with Gasteiger partial charge in [-0.25, -0.2) is 14.3 Å². The SMILES string of the molecule is CCc1nnn(Cc2ccc(OC)cc2)c1C(=O)OC(=O)c1ccc(NC(C)=O)cc1N.